The number of benzene rings is 1. The van der Waals surface area contributed by atoms with E-state index >= 15 is 0 Å². The number of pyridine rings is 1. The van der Waals surface area contributed by atoms with Crippen molar-refractivity contribution < 1.29 is 9.84 Å². The van der Waals surface area contributed by atoms with Crippen LogP contribution in [0.4, 0.5) is 5.69 Å². The highest BCUT2D eigenvalue weighted by molar-refractivity contribution is 5.91. The van der Waals surface area contributed by atoms with Crippen molar-refractivity contribution >= 4 is 16.6 Å². The van der Waals surface area contributed by atoms with Gasteiger partial charge in [0.05, 0.1) is 24.4 Å². The van der Waals surface area contributed by atoms with Gasteiger partial charge in [-0.05, 0) is 12.1 Å². The molecule has 17 heavy (non-hydrogen) atoms. The average Bonchev–Trinajstić information content (AvgIpc) is 2.38. The first-order valence-corrected chi connectivity index (χ1v) is 5.57. The number of rotatable bonds is 5. The molecular formula is C13H16N2O2. The molecule has 2 aromatic rings. The van der Waals surface area contributed by atoms with Crippen molar-refractivity contribution in [1.82, 2.24) is 4.98 Å². The highest BCUT2D eigenvalue weighted by atomic mass is 16.5. The topological polar surface area (TPSA) is 54.4 Å². The predicted molar refractivity (Wildman–Crippen MR) is 68.0 cm³/mol. The van der Waals surface area contributed by atoms with Gasteiger partial charge in [-0.25, -0.2) is 0 Å². The second-order valence-corrected chi connectivity index (χ2v) is 3.76. The molecule has 0 bridgehead atoms. The number of aliphatic hydroxyl groups is 1. The van der Waals surface area contributed by atoms with Gasteiger partial charge in [0.1, 0.15) is 0 Å². The summed E-state index contributed by atoms with van der Waals surface area (Å²) in [6, 6.07) is 9.74. The highest BCUT2D eigenvalue weighted by Crippen LogP contribution is 2.22. The standard InChI is InChI=1S/C13H16N2O2/c1-17-7-6-14-13-8-10(9-16)15-12-5-3-2-4-11(12)13/h2-5,8,16H,6-7,9H2,1H3,(H,14,15). The fourth-order valence-corrected chi connectivity index (χ4v) is 1.75. The average molecular weight is 232 g/mol. The largest absolute Gasteiger partial charge is 0.390 e. The number of aromatic nitrogens is 1. The molecule has 1 heterocycles. The van der Waals surface area contributed by atoms with E-state index in [0.29, 0.717) is 12.3 Å². The number of fused-ring (bicyclic) bond motifs is 1. The van der Waals surface area contributed by atoms with E-state index in [0.717, 1.165) is 23.1 Å². The number of nitrogens with zero attached hydrogens (tertiary/aromatic N) is 1. The van der Waals surface area contributed by atoms with Crippen molar-refractivity contribution in [2.45, 2.75) is 6.61 Å². The van der Waals surface area contributed by atoms with E-state index in [1.807, 2.05) is 30.3 Å². The van der Waals surface area contributed by atoms with Crippen LogP contribution in [-0.2, 0) is 11.3 Å². The third kappa shape index (κ3) is 2.72. The van der Waals surface area contributed by atoms with Crippen LogP contribution in [0.2, 0.25) is 0 Å². The van der Waals surface area contributed by atoms with Gasteiger partial charge >= 0.3 is 0 Å². The maximum absolute atomic E-state index is 9.18. The molecule has 2 rings (SSSR count). The van der Waals surface area contributed by atoms with Crippen LogP contribution < -0.4 is 5.32 Å². The van der Waals surface area contributed by atoms with Crippen LogP contribution in [0.1, 0.15) is 5.69 Å². The number of ether oxygens (including phenoxy) is 1. The molecule has 0 atom stereocenters. The molecule has 0 saturated carbocycles. The zero-order valence-corrected chi connectivity index (χ0v) is 9.81. The van der Waals surface area contributed by atoms with Crippen LogP contribution in [0.25, 0.3) is 10.9 Å². The third-order valence-corrected chi connectivity index (χ3v) is 2.55. The molecule has 0 fully saturated rings. The molecule has 0 saturated heterocycles. The molecule has 0 spiro atoms. The molecule has 0 radical (unpaired) electrons. The third-order valence-electron chi connectivity index (χ3n) is 2.55. The minimum absolute atomic E-state index is 0.0518. The Bertz CT molecular complexity index is 500. The minimum Gasteiger partial charge on any atom is -0.390 e. The van der Waals surface area contributed by atoms with E-state index in [1.165, 1.54) is 0 Å². The number of hydrogen-bond acceptors (Lipinski definition) is 4. The Hall–Kier alpha value is -1.65. The maximum Gasteiger partial charge on any atom is 0.0854 e. The number of aliphatic hydroxyl groups excluding tert-OH is 1. The van der Waals surface area contributed by atoms with Gasteiger partial charge in [0.25, 0.3) is 0 Å². The quantitative estimate of drug-likeness (QED) is 0.772. The Balaban J connectivity index is 2.36. The smallest absolute Gasteiger partial charge is 0.0854 e. The summed E-state index contributed by atoms with van der Waals surface area (Å²) in [6.45, 7) is 1.32. The second-order valence-electron chi connectivity index (χ2n) is 3.76. The fourth-order valence-electron chi connectivity index (χ4n) is 1.75. The normalized spacial score (nSPS) is 10.7. The lowest BCUT2D eigenvalue weighted by Crippen LogP contribution is -2.08. The van der Waals surface area contributed by atoms with Gasteiger partial charge < -0.3 is 15.2 Å². The van der Waals surface area contributed by atoms with Crippen LogP contribution in [0, 0.1) is 0 Å². The molecule has 0 amide bonds. The Labute approximate surface area is 100 Å². The zero-order valence-electron chi connectivity index (χ0n) is 9.81. The first-order valence-electron chi connectivity index (χ1n) is 5.57. The van der Waals surface area contributed by atoms with E-state index in [9.17, 15) is 5.11 Å². The fraction of sp³-hybridized carbons (Fsp3) is 0.308. The molecular weight excluding hydrogens is 216 g/mol. The van der Waals surface area contributed by atoms with E-state index in [-0.39, 0.29) is 6.61 Å². The Morgan fingerprint density at radius 1 is 1.35 bits per heavy atom. The van der Waals surface area contributed by atoms with Crippen molar-refractivity contribution in [1.29, 1.82) is 0 Å². The lowest BCUT2D eigenvalue weighted by molar-refractivity contribution is 0.211. The van der Waals surface area contributed by atoms with Gasteiger partial charge in [-0.2, -0.15) is 0 Å². The van der Waals surface area contributed by atoms with Crippen molar-refractivity contribution in [3.8, 4) is 0 Å². The van der Waals surface area contributed by atoms with Crippen molar-refractivity contribution in [2.75, 3.05) is 25.6 Å². The van der Waals surface area contributed by atoms with Gasteiger partial charge in [0.2, 0.25) is 0 Å². The summed E-state index contributed by atoms with van der Waals surface area (Å²) in [4.78, 5) is 4.36. The molecule has 4 heteroatoms. The Kier molecular flexibility index (Phi) is 3.90. The van der Waals surface area contributed by atoms with Crippen LogP contribution in [0.5, 0.6) is 0 Å². The van der Waals surface area contributed by atoms with E-state index < -0.39 is 0 Å². The molecule has 0 aliphatic rings. The van der Waals surface area contributed by atoms with Gasteiger partial charge in [-0.3, -0.25) is 4.98 Å². The summed E-state index contributed by atoms with van der Waals surface area (Å²) in [5.74, 6) is 0. The Morgan fingerprint density at radius 3 is 2.94 bits per heavy atom. The van der Waals surface area contributed by atoms with Gasteiger partial charge in [-0.1, -0.05) is 18.2 Å². The van der Waals surface area contributed by atoms with E-state index in [4.69, 9.17) is 4.74 Å². The summed E-state index contributed by atoms with van der Waals surface area (Å²) in [7, 11) is 1.67. The number of para-hydroxylation sites is 1. The molecule has 4 nitrogen and oxygen atoms in total. The lowest BCUT2D eigenvalue weighted by atomic mass is 10.1. The van der Waals surface area contributed by atoms with E-state index in [1.54, 1.807) is 7.11 Å². The van der Waals surface area contributed by atoms with Crippen LogP contribution in [0.15, 0.2) is 30.3 Å². The van der Waals surface area contributed by atoms with E-state index in [2.05, 4.69) is 10.3 Å². The summed E-state index contributed by atoms with van der Waals surface area (Å²) in [6.07, 6.45) is 0. The molecule has 1 aromatic carbocycles. The van der Waals surface area contributed by atoms with Crippen LogP contribution in [0.3, 0.4) is 0 Å². The number of methoxy groups -OCH3 is 1. The predicted octanol–water partition coefficient (Wildman–Crippen LogP) is 1.79. The summed E-state index contributed by atoms with van der Waals surface area (Å²) < 4.78 is 5.00. The lowest BCUT2D eigenvalue weighted by Gasteiger charge is -2.10. The zero-order chi connectivity index (χ0) is 12.1. The number of anilines is 1. The molecule has 0 aliphatic carbocycles. The molecule has 0 unspecified atom stereocenters. The van der Waals surface area contributed by atoms with Gasteiger partial charge in [-0.15, -0.1) is 0 Å². The second kappa shape index (κ2) is 5.61. The molecule has 1 aromatic heterocycles. The van der Waals surface area contributed by atoms with Gasteiger partial charge in [0, 0.05) is 24.7 Å². The molecule has 2 N–H and O–H groups in total. The number of nitrogens with one attached hydrogen (secondary N) is 1. The monoisotopic (exact) mass is 232 g/mol. The first kappa shape index (κ1) is 11.8. The maximum atomic E-state index is 9.18. The Morgan fingerprint density at radius 2 is 2.18 bits per heavy atom. The minimum atomic E-state index is -0.0518. The van der Waals surface area contributed by atoms with Crippen molar-refractivity contribution in [3.05, 3.63) is 36.0 Å². The summed E-state index contributed by atoms with van der Waals surface area (Å²) >= 11 is 0. The first-order chi connectivity index (χ1) is 8.35. The number of hydrogen-bond donors (Lipinski definition) is 2. The van der Waals surface area contributed by atoms with Gasteiger partial charge in [0.15, 0.2) is 0 Å². The summed E-state index contributed by atoms with van der Waals surface area (Å²) in [5.41, 5.74) is 2.54. The molecule has 0 aliphatic heterocycles. The van der Waals surface area contributed by atoms with Crippen molar-refractivity contribution in [2.24, 2.45) is 0 Å². The highest BCUT2D eigenvalue weighted by Gasteiger charge is 2.04. The van der Waals surface area contributed by atoms with Crippen LogP contribution in [-0.4, -0.2) is 30.4 Å². The SMILES string of the molecule is COCCNc1cc(CO)nc2ccccc12. The van der Waals surface area contributed by atoms with Crippen LogP contribution >= 0.6 is 0 Å². The summed E-state index contributed by atoms with van der Waals surface area (Å²) in [5, 5.41) is 13.5. The van der Waals surface area contributed by atoms with Crippen molar-refractivity contribution in [3.63, 3.8) is 0 Å². The molecule has 90 valence electrons.